The summed E-state index contributed by atoms with van der Waals surface area (Å²) in [6.45, 7) is 9.16. The topological polar surface area (TPSA) is 86.3 Å². The van der Waals surface area contributed by atoms with Gasteiger partial charge in [0.05, 0.1) is 10.7 Å². The van der Waals surface area contributed by atoms with E-state index in [1.54, 1.807) is 18.2 Å². The summed E-state index contributed by atoms with van der Waals surface area (Å²) in [7, 11) is 0. The first-order chi connectivity index (χ1) is 15.4. The smallest absolute Gasteiger partial charge is 0.231 e. The molecule has 2 aromatic carbocycles. The van der Waals surface area contributed by atoms with Gasteiger partial charge in [-0.05, 0) is 55.3 Å². The molecule has 0 unspecified atom stereocenters. The molecule has 0 bridgehead atoms. The maximum atomic E-state index is 11.4. The van der Waals surface area contributed by atoms with Crippen LogP contribution in [0.4, 0.5) is 29.0 Å². The maximum absolute atomic E-state index is 11.4. The van der Waals surface area contributed by atoms with Gasteiger partial charge in [0.1, 0.15) is 6.33 Å². The molecule has 0 aliphatic carbocycles. The summed E-state index contributed by atoms with van der Waals surface area (Å²) < 4.78 is 0. The quantitative estimate of drug-likeness (QED) is 0.602. The highest BCUT2D eigenvalue weighted by Gasteiger charge is 2.20. The van der Waals surface area contributed by atoms with Gasteiger partial charge in [0.2, 0.25) is 17.8 Å². The predicted molar refractivity (Wildman–Crippen MR) is 129 cm³/mol. The number of nitrogens with zero attached hydrogens (tertiary/aromatic N) is 5. The molecule has 3 aromatic rings. The molecule has 0 radical (unpaired) electrons. The van der Waals surface area contributed by atoms with E-state index in [0.29, 0.717) is 22.6 Å². The van der Waals surface area contributed by atoms with Crippen LogP contribution in [0.5, 0.6) is 0 Å². The van der Waals surface area contributed by atoms with E-state index in [9.17, 15) is 4.79 Å². The number of rotatable bonds is 5. The zero-order chi connectivity index (χ0) is 22.7. The largest absolute Gasteiger partial charge is 0.368 e. The third-order valence-corrected chi connectivity index (χ3v) is 5.84. The normalized spacial score (nSPS) is 13.8. The predicted octanol–water partition coefficient (Wildman–Crippen LogP) is 4.17. The molecule has 2 N–H and O–H groups in total. The van der Waals surface area contributed by atoms with Gasteiger partial charge in [0, 0.05) is 44.5 Å². The van der Waals surface area contributed by atoms with Crippen molar-refractivity contribution in [2.24, 2.45) is 0 Å². The standard InChI is InChI=1S/C23H26ClN7O/c1-15-4-6-19(12-16(15)2)30-8-10-31(11-9-30)23-26-14-25-22(29-23)28-18-5-7-20(24)21(13-18)27-17(3)32/h4-7,12-14H,8-11H2,1-3H3,(H,27,32)(H,25,26,28,29). The zero-order valence-electron chi connectivity index (χ0n) is 18.4. The number of carbonyl (C=O) groups is 1. The van der Waals surface area contributed by atoms with Gasteiger partial charge in [0.25, 0.3) is 0 Å². The van der Waals surface area contributed by atoms with Crippen molar-refractivity contribution in [3.8, 4) is 0 Å². The molecule has 0 atom stereocenters. The zero-order valence-corrected chi connectivity index (χ0v) is 19.1. The minimum absolute atomic E-state index is 0.188. The Labute approximate surface area is 192 Å². The number of halogens is 1. The molecule has 0 saturated carbocycles. The van der Waals surface area contributed by atoms with E-state index in [0.717, 1.165) is 31.9 Å². The van der Waals surface area contributed by atoms with E-state index in [4.69, 9.17) is 11.6 Å². The third kappa shape index (κ3) is 5.08. The highest BCUT2D eigenvalue weighted by Crippen LogP contribution is 2.27. The third-order valence-electron chi connectivity index (χ3n) is 5.51. The fourth-order valence-electron chi connectivity index (χ4n) is 3.60. The van der Waals surface area contributed by atoms with Crippen LogP contribution in [0.15, 0.2) is 42.7 Å². The van der Waals surface area contributed by atoms with Gasteiger partial charge in [-0.15, -0.1) is 0 Å². The van der Waals surface area contributed by atoms with Crippen LogP contribution in [-0.4, -0.2) is 47.0 Å². The van der Waals surface area contributed by atoms with Crippen molar-refractivity contribution >= 4 is 46.5 Å². The second-order valence-electron chi connectivity index (χ2n) is 7.85. The van der Waals surface area contributed by atoms with Gasteiger partial charge in [-0.3, -0.25) is 4.79 Å². The second kappa shape index (κ2) is 9.40. The Hall–Kier alpha value is -3.39. The molecule has 1 aromatic heterocycles. The van der Waals surface area contributed by atoms with Gasteiger partial charge in [0.15, 0.2) is 0 Å². The number of hydrogen-bond donors (Lipinski definition) is 2. The van der Waals surface area contributed by atoms with Crippen LogP contribution in [0.2, 0.25) is 5.02 Å². The molecule has 1 fully saturated rings. The second-order valence-corrected chi connectivity index (χ2v) is 8.26. The van der Waals surface area contributed by atoms with Gasteiger partial charge < -0.3 is 20.4 Å². The molecule has 32 heavy (non-hydrogen) atoms. The van der Waals surface area contributed by atoms with E-state index >= 15 is 0 Å². The molecule has 8 nitrogen and oxygen atoms in total. The number of benzene rings is 2. The Kier molecular flexibility index (Phi) is 6.41. The number of carbonyl (C=O) groups excluding carboxylic acids is 1. The lowest BCUT2D eigenvalue weighted by Crippen LogP contribution is -2.47. The Bertz CT molecular complexity index is 1130. The van der Waals surface area contributed by atoms with Crippen LogP contribution in [0.3, 0.4) is 0 Å². The molecular formula is C23H26ClN7O. The van der Waals surface area contributed by atoms with Crippen LogP contribution < -0.4 is 20.4 Å². The number of nitrogens with one attached hydrogen (secondary N) is 2. The minimum atomic E-state index is -0.188. The number of amides is 1. The first-order valence-corrected chi connectivity index (χ1v) is 10.9. The molecule has 4 rings (SSSR count). The van der Waals surface area contributed by atoms with Crippen LogP contribution in [0.1, 0.15) is 18.1 Å². The highest BCUT2D eigenvalue weighted by atomic mass is 35.5. The summed E-state index contributed by atoms with van der Waals surface area (Å²) in [6, 6.07) is 11.9. The van der Waals surface area contributed by atoms with E-state index in [1.165, 1.54) is 30.1 Å². The summed E-state index contributed by atoms with van der Waals surface area (Å²) in [4.78, 5) is 29.1. The van der Waals surface area contributed by atoms with Crippen LogP contribution in [0.25, 0.3) is 0 Å². The van der Waals surface area contributed by atoms with Crippen LogP contribution >= 0.6 is 11.6 Å². The van der Waals surface area contributed by atoms with Crippen molar-refractivity contribution in [2.75, 3.05) is 46.6 Å². The van der Waals surface area contributed by atoms with Gasteiger partial charge in [-0.25, -0.2) is 9.97 Å². The van der Waals surface area contributed by atoms with E-state index < -0.39 is 0 Å². The SMILES string of the molecule is CC(=O)Nc1cc(Nc2ncnc(N3CCN(c4ccc(C)c(C)c4)CC3)n2)ccc1Cl. The highest BCUT2D eigenvalue weighted by molar-refractivity contribution is 6.33. The van der Waals surface area contributed by atoms with Crippen LogP contribution in [-0.2, 0) is 4.79 Å². The summed E-state index contributed by atoms with van der Waals surface area (Å²) in [5.74, 6) is 0.882. The van der Waals surface area contributed by atoms with Crippen molar-refractivity contribution in [2.45, 2.75) is 20.8 Å². The van der Waals surface area contributed by atoms with Gasteiger partial charge >= 0.3 is 0 Å². The average molecular weight is 452 g/mol. The minimum Gasteiger partial charge on any atom is -0.368 e. The first-order valence-electron chi connectivity index (χ1n) is 10.5. The van der Waals surface area contributed by atoms with Crippen molar-refractivity contribution in [1.29, 1.82) is 0 Å². The van der Waals surface area contributed by atoms with E-state index in [-0.39, 0.29) is 5.91 Å². The maximum Gasteiger partial charge on any atom is 0.231 e. The average Bonchev–Trinajstić information content (AvgIpc) is 2.78. The van der Waals surface area contributed by atoms with Crippen molar-refractivity contribution in [1.82, 2.24) is 15.0 Å². The van der Waals surface area contributed by atoms with E-state index in [1.807, 2.05) is 0 Å². The molecule has 166 valence electrons. The van der Waals surface area contributed by atoms with Crippen LogP contribution in [0, 0.1) is 13.8 Å². The van der Waals surface area contributed by atoms with Gasteiger partial charge in [-0.1, -0.05) is 17.7 Å². The van der Waals surface area contributed by atoms with Gasteiger partial charge in [-0.2, -0.15) is 4.98 Å². The lowest BCUT2D eigenvalue weighted by molar-refractivity contribution is -0.114. The number of anilines is 5. The number of aryl methyl sites for hydroxylation is 2. The molecule has 1 saturated heterocycles. The Morgan fingerprint density at radius 1 is 0.969 bits per heavy atom. The Balaban J connectivity index is 1.42. The monoisotopic (exact) mass is 451 g/mol. The molecule has 1 amide bonds. The number of hydrogen-bond acceptors (Lipinski definition) is 7. The summed E-state index contributed by atoms with van der Waals surface area (Å²) in [5.41, 5.74) is 5.11. The lowest BCUT2D eigenvalue weighted by Gasteiger charge is -2.36. The molecule has 0 spiro atoms. The summed E-state index contributed by atoms with van der Waals surface area (Å²) in [6.07, 6.45) is 1.50. The molecule has 1 aliphatic heterocycles. The Morgan fingerprint density at radius 2 is 1.72 bits per heavy atom. The molecule has 2 heterocycles. The van der Waals surface area contributed by atoms with E-state index in [2.05, 4.69) is 67.4 Å². The number of piperazine rings is 1. The fourth-order valence-corrected chi connectivity index (χ4v) is 3.77. The molecular weight excluding hydrogens is 426 g/mol. The molecule has 9 heteroatoms. The Morgan fingerprint density at radius 3 is 2.44 bits per heavy atom. The first kappa shape index (κ1) is 21.8. The summed E-state index contributed by atoms with van der Waals surface area (Å²) >= 11 is 6.15. The summed E-state index contributed by atoms with van der Waals surface area (Å²) in [5, 5.41) is 6.33. The molecule has 1 aliphatic rings. The number of aromatic nitrogens is 3. The van der Waals surface area contributed by atoms with Crippen molar-refractivity contribution < 1.29 is 4.79 Å². The van der Waals surface area contributed by atoms with Crippen molar-refractivity contribution in [3.63, 3.8) is 0 Å². The van der Waals surface area contributed by atoms with Crippen molar-refractivity contribution in [3.05, 3.63) is 58.9 Å². The fraction of sp³-hybridized carbons (Fsp3) is 0.304. The lowest BCUT2D eigenvalue weighted by atomic mass is 10.1.